The summed E-state index contributed by atoms with van der Waals surface area (Å²) >= 11 is 1.72. The van der Waals surface area contributed by atoms with Gasteiger partial charge in [-0.15, -0.1) is 0 Å². The number of methoxy groups -OCH3 is 2. The fourth-order valence-corrected chi connectivity index (χ4v) is 12.9. The van der Waals surface area contributed by atoms with Crippen LogP contribution in [0, 0.1) is 35.3 Å². The first-order chi connectivity index (χ1) is 36.1. The van der Waals surface area contributed by atoms with Gasteiger partial charge in [0.1, 0.15) is 11.6 Å². The van der Waals surface area contributed by atoms with Gasteiger partial charge in [-0.05, 0) is 156 Å². The fourth-order valence-electron chi connectivity index (χ4n) is 12.4. The summed E-state index contributed by atoms with van der Waals surface area (Å²) in [5, 5.41) is 0. The third-order valence-corrected chi connectivity index (χ3v) is 16.7. The van der Waals surface area contributed by atoms with Gasteiger partial charge < -0.3 is 38.5 Å². The van der Waals surface area contributed by atoms with Crippen molar-refractivity contribution in [2.24, 2.45) is 33.7 Å². The smallest absolute Gasteiger partial charge is 0.438 e. The molecule has 4 aliphatic rings. The van der Waals surface area contributed by atoms with Gasteiger partial charge in [-0.2, -0.15) is 11.8 Å². The number of rotatable bonds is 19. The van der Waals surface area contributed by atoms with Crippen LogP contribution >= 0.6 is 11.8 Å². The molecule has 4 aromatic rings. The first-order valence-electron chi connectivity index (χ1n) is 26.7. The van der Waals surface area contributed by atoms with Crippen molar-refractivity contribution >= 4 is 36.7 Å². The summed E-state index contributed by atoms with van der Waals surface area (Å²) in [6.07, 6.45) is 15.4. The van der Waals surface area contributed by atoms with Gasteiger partial charge in [0.15, 0.2) is 0 Å². The minimum Gasteiger partial charge on any atom is -0.438 e. The fraction of sp³-hybridized carbons (Fsp3) is 0.533. The van der Waals surface area contributed by atoms with Crippen molar-refractivity contribution in [1.29, 1.82) is 0 Å². The van der Waals surface area contributed by atoms with Crippen LogP contribution in [-0.2, 0) is 32.0 Å². The molecule has 0 aromatic heterocycles. The number of thioether (sulfide) groups is 1. The van der Waals surface area contributed by atoms with E-state index in [1.165, 1.54) is 37.5 Å². The summed E-state index contributed by atoms with van der Waals surface area (Å²) < 4.78 is 49.4. The Labute approximate surface area is 449 Å². The van der Waals surface area contributed by atoms with Crippen LogP contribution in [0.3, 0.4) is 0 Å². The van der Waals surface area contributed by atoms with Crippen LogP contribution < -0.4 is 0 Å². The van der Waals surface area contributed by atoms with Crippen LogP contribution in [0.1, 0.15) is 112 Å². The molecule has 0 saturated heterocycles. The molecule has 15 heteroatoms. The van der Waals surface area contributed by atoms with E-state index < -0.39 is 23.8 Å². The van der Waals surface area contributed by atoms with Crippen molar-refractivity contribution in [3.63, 3.8) is 0 Å². The van der Waals surface area contributed by atoms with Crippen molar-refractivity contribution in [1.82, 2.24) is 19.6 Å². The van der Waals surface area contributed by atoms with E-state index >= 15 is 0 Å². The molecular weight excluding hydrogens is 971 g/mol. The quantitative estimate of drug-likeness (QED) is 0.0838. The summed E-state index contributed by atoms with van der Waals surface area (Å²) in [6, 6.07) is 34.9. The van der Waals surface area contributed by atoms with Gasteiger partial charge in [0, 0.05) is 31.6 Å². The van der Waals surface area contributed by atoms with Gasteiger partial charge in [0.2, 0.25) is 11.4 Å². The number of aliphatic imine (C=N–C) groups is 2. The maximum atomic E-state index is 14.0. The Morgan fingerprint density at radius 3 is 1.51 bits per heavy atom. The molecule has 0 bridgehead atoms. The number of halogens is 2. The maximum Gasteiger partial charge on any atom is 0.510 e. The number of carbonyl (C=O) groups is 2. The largest absolute Gasteiger partial charge is 0.510 e. The van der Waals surface area contributed by atoms with Gasteiger partial charge in [-0.3, -0.25) is 0 Å². The van der Waals surface area contributed by atoms with Crippen molar-refractivity contribution in [2.45, 2.75) is 126 Å². The van der Waals surface area contributed by atoms with E-state index in [0.717, 1.165) is 81.1 Å². The minimum atomic E-state index is -0.994. The van der Waals surface area contributed by atoms with Gasteiger partial charge in [0.05, 0.1) is 39.0 Å². The van der Waals surface area contributed by atoms with E-state index in [1.54, 1.807) is 30.0 Å². The highest BCUT2D eigenvalue weighted by Crippen LogP contribution is 2.46. The standard InChI is InChI=1S/C31H42FN3O3S.C29H38FN3O3/c1-34(2)29(26-11-8-12-27(32)20-26)25-15-13-23(14-16-25)19-28-31(17-18-39-4,38-30(36)37-3)33-22-35(28)21-24-9-6-5-7-10-24;1-29(36-28(34)35-4)26(33(20-31-29)19-22-9-6-5-7-10-22)17-21-13-15-23(16-14-21)27(32(2)3)24-11-8-12-25(30)18-24/h5-12,20,22-23,25,28-29H,13-19,21H2,1-4H3;5-12,18,20-21,23,26-27H,13-17,19H2,1-4H3. The van der Waals surface area contributed by atoms with Gasteiger partial charge in [-0.1, -0.05) is 111 Å². The average molecular weight is 1050 g/mol. The monoisotopic (exact) mass is 1050 g/mol. The molecule has 2 saturated carbocycles. The maximum absolute atomic E-state index is 14.0. The Morgan fingerprint density at radius 1 is 0.627 bits per heavy atom. The highest BCUT2D eigenvalue weighted by molar-refractivity contribution is 7.98. The predicted molar refractivity (Wildman–Crippen MR) is 295 cm³/mol. The molecule has 6 unspecified atom stereocenters. The van der Waals surface area contributed by atoms with Crippen LogP contribution in [0.15, 0.2) is 119 Å². The Kier molecular flexibility index (Phi) is 20.6. The second kappa shape index (κ2) is 27.0. The summed E-state index contributed by atoms with van der Waals surface area (Å²) in [5.41, 5.74) is 2.51. The summed E-state index contributed by atoms with van der Waals surface area (Å²) in [4.78, 5) is 42.8. The molecular formula is C60H80F2N6O6S. The van der Waals surface area contributed by atoms with E-state index in [-0.39, 0.29) is 35.8 Å². The zero-order valence-corrected chi connectivity index (χ0v) is 46.2. The zero-order chi connectivity index (χ0) is 53.5. The van der Waals surface area contributed by atoms with Crippen LogP contribution in [0.5, 0.6) is 0 Å². The highest BCUT2D eigenvalue weighted by atomic mass is 32.2. The molecule has 4 aromatic carbocycles. The molecule has 6 atom stereocenters. The van der Waals surface area contributed by atoms with E-state index in [0.29, 0.717) is 43.2 Å². The molecule has 406 valence electrons. The zero-order valence-electron chi connectivity index (χ0n) is 45.4. The van der Waals surface area contributed by atoms with E-state index in [2.05, 4.69) is 83.3 Å². The summed E-state index contributed by atoms with van der Waals surface area (Å²) in [7, 11) is 11.0. The first kappa shape index (κ1) is 57.2. The second-order valence-corrected chi connectivity index (χ2v) is 22.5. The van der Waals surface area contributed by atoms with Crippen molar-refractivity contribution in [2.75, 3.05) is 54.4 Å². The number of benzene rings is 4. The lowest BCUT2D eigenvalue weighted by atomic mass is 9.73. The summed E-state index contributed by atoms with van der Waals surface area (Å²) in [6.45, 7) is 3.28. The molecule has 2 heterocycles. The van der Waals surface area contributed by atoms with Crippen molar-refractivity contribution in [3.05, 3.63) is 143 Å². The van der Waals surface area contributed by atoms with Crippen LogP contribution in [0.25, 0.3) is 0 Å². The molecule has 8 rings (SSSR count). The van der Waals surface area contributed by atoms with E-state index in [4.69, 9.17) is 23.9 Å². The normalized spacial score (nSPS) is 26.1. The Morgan fingerprint density at radius 2 is 1.07 bits per heavy atom. The number of carbonyl (C=O) groups excluding carboxylic acids is 2. The molecule has 0 radical (unpaired) electrons. The molecule has 0 N–H and O–H groups in total. The van der Waals surface area contributed by atoms with Crippen molar-refractivity contribution < 1.29 is 37.3 Å². The number of ether oxygens (including phenoxy) is 4. The van der Waals surface area contributed by atoms with Crippen LogP contribution in [0.2, 0.25) is 0 Å². The van der Waals surface area contributed by atoms with Crippen molar-refractivity contribution in [3.8, 4) is 0 Å². The number of hydrogen-bond donors (Lipinski definition) is 0. The van der Waals surface area contributed by atoms with Gasteiger partial charge >= 0.3 is 12.3 Å². The molecule has 2 fully saturated rings. The van der Waals surface area contributed by atoms with E-state index in [9.17, 15) is 18.4 Å². The summed E-state index contributed by atoms with van der Waals surface area (Å²) in [5.74, 6) is 2.37. The lowest BCUT2D eigenvalue weighted by Gasteiger charge is -2.41. The Hall–Kier alpha value is -5.51. The second-order valence-electron chi connectivity index (χ2n) is 21.6. The molecule has 0 spiro atoms. The third kappa shape index (κ3) is 15.1. The van der Waals surface area contributed by atoms with Gasteiger partial charge in [0.25, 0.3) is 0 Å². The third-order valence-electron chi connectivity index (χ3n) is 16.1. The molecule has 2 aliphatic heterocycles. The molecule has 2 aliphatic carbocycles. The topological polar surface area (TPSA) is 109 Å². The lowest BCUT2D eigenvalue weighted by molar-refractivity contribution is -0.0598. The first-order valence-corrected chi connectivity index (χ1v) is 28.1. The molecule has 12 nitrogen and oxygen atoms in total. The lowest BCUT2D eigenvalue weighted by Crippen LogP contribution is -2.50. The SMILES string of the molecule is COC(=O)OC1(C)N=CN(Cc2ccccc2)C1CC1CCC(C(c2cccc(F)c2)N(C)C)CC1.COC(=O)OC1(CCSC)N=CN(Cc2ccccc2)C1CC1CCC(C(c2cccc(F)c2)N(C)C)CC1. The molecule has 75 heavy (non-hydrogen) atoms. The Bertz CT molecular complexity index is 2470. The minimum absolute atomic E-state index is 0.0710. The predicted octanol–water partition coefficient (Wildman–Crippen LogP) is 12.8. The number of hydrogen-bond acceptors (Lipinski definition) is 13. The van der Waals surface area contributed by atoms with Crippen LogP contribution in [0.4, 0.5) is 18.4 Å². The highest BCUT2D eigenvalue weighted by Gasteiger charge is 2.50. The number of nitrogens with zero attached hydrogens (tertiary/aromatic N) is 6. The molecule has 0 amide bonds. The van der Waals surface area contributed by atoms with Gasteiger partial charge in [-0.25, -0.2) is 28.4 Å². The average Bonchev–Trinajstić information content (AvgIpc) is 3.88. The van der Waals surface area contributed by atoms with Crippen LogP contribution in [-0.4, -0.2) is 123 Å². The Balaban J connectivity index is 0.000000219. The van der Waals surface area contributed by atoms with E-state index in [1.807, 2.05) is 74.2 Å².